The summed E-state index contributed by atoms with van der Waals surface area (Å²) in [6.07, 6.45) is 3.17. The van der Waals surface area contributed by atoms with Gasteiger partial charge in [0.2, 0.25) is 5.89 Å². The third-order valence-electron chi connectivity index (χ3n) is 4.17. The summed E-state index contributed by atoms with van der Waals surface area (Å²) in [6, 6.07) is 15.8. The first-order valence-corrected chi connectivity index (χ1v) is 9.57. The number of nitrogens with one attached hydrogen (secondary N) is 2. The fourth-order valence-electron chi connectivity index (χ4n) is 2.66. The van der Waals surface area contributed by atoms with E-state index in [0.29, 0.717) is 25.5 Å². The number of hydrogen-bond acceptors (Lipinski definition) is 4. The number of guanidine groups is 1. The summed E-state index contributed by atoms with van der Waals surface area (Å²) >= 11 is 0. The Balaban J connectivity index is 0.00000320. The number of rotatable bonds is 9. The van der Waals surface area contributed by atoms with Crippen LogP contribution < -0.4 is 15.4 Å². The van der Waals surface area contributed by atoms with Crippen LogP contribution in [0.5, 0.6) is 5.75 Å². The van der Waals surface area contributed by atoms with E-state index in [1.165, 1.54) is 12.1 Å². The van der Waals surface area contributed by atoms with Gasteiger partial charge in [0.15, 0.2) is 5.96 Å². The lowest BCUT2D eigenvalue weighted by Crippen LogP contribution is -2.39. The summed E-state index contributed by atoms with van der Waals surface area (Å²) in [5, 5.41) is 6.51. The van der Waals surface area contributed by atoms with Crippen molar-refractivity contribution in [1.29, 1.82) is 0 Å². The van der Waals surface area contributed by atoms with Crippen molar-refractivity contribution >= 4 is 29.9 Å². The van der Waals surface area contributed by atoms with Crippen molar-refractivity contribution in [2.24, 2.45) is 4.99 Å². The molecule has 0 aliphatic rings. The zero-order valence-electron chi connectivity index (χ0n) is 16.8. The largest absolute Gasteiger partial charge is 0.494 e. The van der Waals surface area contributed by atoms with Crippen molar-refractivity contribution in [3.8, 4) is 17.2 Å². The fourth-order valence-corrected chi connectivity index (χ4v) is 2.66. The molecule has 8 heteroatoms. The van der Waals surface area contributed by atoms with E-state index in [0.717, 1.165) is 35.9 Å². The molecule has 3 aromatic rings. The van der Waals surface area contributed by atoms with E-state index in [1.807, 2.05) is 30.3 Å². The molecule has 0 unspecified atom stereocenters. The average molecular weight is 524 g/mol. The van der Waals surface area contributed by atoms with Crippen LogP contribution in [0, 0.1) is 5.82 Å². The third kappa shape index (κ3) is 7.66. The van der Waals surface area contributed by atoms with Crippen LogP contribution in [-0.4, -0.2) is 37.7 Å². The SMILES string of the molecule is CN=C(NCCCOc1ccccc1)NCCc1coc(-c2ccc(F)cc2)n1.I. The van der Waals surface area contributed by atoms with Crippen LogP contribution in [0.4, 0.5) is 4.39 Å². The zero-order valence-corrected chi connectivity index (χ0v) is 19.1. The normalized spacial score (nSPS) is 10.9. The molecule has 0 bridgehead atoms. The summed E-state index contributed by atoms with van der Waals surface area (Å²) in [5.41, 5.74) is 1.57. The first-order chi connectivity index (χ1) is 14.2. The van der Waals surface area contributed by atoms with Crippen LogP contribution in [0.2, 0.25) is 0 Å². The molecule has 0 aliphatic carbocycles. The number of para-hydroxylation sites is 1. The zero-order chi connectivity index (χ0) is 20.3. The van der Waals surface area contributed by atoms with Crippen molar-refractivity contribution in [1.82, 2.24) is 15.6 Å². The highest BCUT2D eigenvalue weighted by Gasteiger charge is 2.07. The van der Waals surface area contributed by atoms with E-state index in [-0.39, 0.29) is 29.8 Å². The number of oxazole rings is 1. The van der Waals surface area contributed by atoms with Crippen LogP contribution in [0.3, 0.4) is 0 Å². The van der Waals surface area contributed by atoms with Crippen LogP contribution in [0.15, 0.2) is 70.3 Å². The summed E-state index contributed by atoms with van der Waals surface area (Å²) in [5.74, 6) is 1.81. The molecule has 30 heavy (non-hydrogen) atoms. The van der Waals surface area contributed by atoms with Crippen LogP contribution in [-0.2, 0) is 6.42 Å². The Morgan fingerprint density at radius 3 is 2.53 bits per heavy atom. The molecular weight excluding hydrogens is 498 g/mol. The first-order valence-electron chi connectivity index (χ1n) is 9.57. The number of halogens is 2. The maximum Gasteiger partial charge on any atom is 0.226 e. The molecule has 0 radical (unpaired) electrons. The summed E-state index contributed by atoms with van der Waals surface area (Å²) in [7, 11) is 1.73. The predicted octanol–water partition coefficient (Wildman–Crippen LogP) is 4.28. The topological polar surface area (TPSA) is 71.7 Å². The summed E-state index contributed by atoms with van der Waals surface area (Å²) < 4.78 is 24.2. The van der Waals surface area contributed by atoms with Crippen molar-refractivity contribution < 1.29 is 13.5 Å². The van der Waals surface area contributed by atoms with Crippen LogP contribution >= 0.6 is 24.0 Å². The molecule has 0 saturated heterocycles. The van der Waals surface area contributed by atoms with Crippen molar-refractivity contribution in [3.63, 3.8) is 0 Å². The average Bonchev–Trinajstić information content (AvgIpc) is 3.22. The lowest BCUT2D eigenvalue weighted by atomic mass is 10.2. The minimum atomic E-state index is -0.282. The number of ether oxygens (including phenoxy) is 1. The second-order valence-electron chi connectivity index (χ2n) is 6.34. The molecule has 160 valence electrons. The minimum absolute atomic E-state index is 0. The van der Waals surface area contributed by atoms with Crippen LogP contribution in [0.25, 0.3) is 11.5 Å². The summed E-state index contributed by atoms with van der Waals surface area (Å²) in [4.78, 5) is 8.65. The Labute approximate surface area is 193 Å². The second kappa shape index (κ2) is 12.8. The minimum Gasteiger partial charge on any atom is -0.494 e. The van der Waals surface area contributed by atoms with Crippen molar-refractivity contribution in [2.75, 3.05) is 26.7 Å². The van der Waals surface area contributed by atoms with Gasteiger partial charge in [-0.2, -0.15) is 0 Å². The lowest BCUT2D eigenvalue weighted by Gasteiger charge is -2.11. The van der Waals surface area contributed by atoms with Gasteiger partial charge in [-0.05, 0) is 42.8 Å². The molecule has 1 aromatic heterocycles. The molecule has 0 amide bonds. The van der Waals surface area contributed by atoms with Crippen LogP contribution in [0.1, 0.15) is 12.1 Å². The van der Waals surface area contributed by atoms with Gasteiger partial charge in [-0.15, -0.1) is 24.0 Å². The maximum atomic E-state index is 13.0. The highest BCUT2D eigenvalue weighted by molar-refractivity contribution is 14.0. The van der Waals surface area contributed by atoms with E-state index in [9.17, 15) is 4.39 Å². The van der Waals surface area contributed by atoms with Crippen molar-refractivity contribution in [2.45, 2.75) is 12.8 Å². The molecule has 0 spiro atoms. The molecule has 0 atom stereocenters. The van der Waals surface area contributed by atoms with E-state index in [1.54, 1.807) is 25.4 Å². The standard InChI is InChI=1S/C22H25FN4O2.HI/c1-24-22(25-13-5-15-28-20-6-3-2-4-7-20)26-14-12-19-16-29-21(27-19)17-8-10-18(23)11-9-17;/h2-4,6-11,16H,5,12-15H2,1H3,(H2,24,25,26);1H. The highest BCUT2D eigenvalue weighted by atomic mass is 127. The van der Waals surface area contributed by atoms with Crippen molar-refractivity contribution in [3.05, 3.63) is 72.4 Å². The number of nitrogens with zero attached hydrogens (tertiary/aromatic N) is 2. The molecule has 0 fully saturated rings. The van der Waals surface area contributed by atoms with Gasteiger partial charge in [-0.25, -0.2) is 9.37 Å². The van der Waals surface area contributed by atoms with Gasteiger partial charge in [0.1, 0.15) is 17.8 Å². The molecule has 3 rings (SSSR count). The first kappa shape index (κ1) is 23.7. The highest BCUT2D eigenvalue weighted by Crippen LogP contribution is 2.18. The molecule has 0 aliphatic heterocycles. The Hall–Kier alpha value is -2.62. The summed E-state index contributed by atoms with van der Waals surface area (Å²) in [6.45, 7) is 2.06. The Kier molecular flexibility index (Phi) is 10.1. The lowest BCUT2D eigenvalue weighted by molar-refractivity contribution is 0.311. The van der Waals surface area contributed by atoms with Gasteiger partial charge < -0.3 is 19.8 Å². The van der Waals surface area contributed by atoms with Gasteiger partial charge in [-0.3, -0.25) is 4.99 Å². The molecule has 2 N–H and O–H groups in total. The smallest absolute Gasteiger partial charge is 0.226 e. The monoisotopic (exact) mass is 524 g/mol. The predicted molar refractivity (Wildman–Crippen MR) is 127 cm³/mol. The molecule has 1 heterocycles. The van der Waals surface area contributed by atoms with E-state index in [4.69, 9.17) is 9.15 Å². The van der Waals surface area contributed by atoms with E-state index < -0.39 is 0 Å². The van der Waals surface area contributed by atoms with Gasteiger partial charge in [0.05, 0.1) is 12.3 Å². The van der Waals surface area contributed by atoms with E-state index in [2.05, 4.69) is 20.6 Å². The Morgan fingerprint density at radius 1 is 1.07 bits per heavy atom. The number of aromatic nitrogens is 1. The number of benzene rings is 2. The van der Waals surface area contributed by atoms with Gasteiger partial charge in [0.25, 0.3) is 0 Å². The molecule has 2 aromatic carbocycles. The maximum absolute atomic E-state index is 13.0. The van der Waals surface area contributed by atoms with Gasteiger partial charge >= 0.3 is 0 Å². The molecule has 0 saturated carbocycles. The quantitative estimate of drug-likeness (QED) is 0.189. The number of hydrogen-bond donors (Lipinski definition) is 2. The Bertz CT molecular complexity index is 901. The molecular formula is C22H26FIN4O2. The third-order valence-corrected chi connectivity index (χ3v) is 4.17. The fraction of sp³-hybridized carbons (Fsp3) is 0.273. The van der Waals surface area contributed by atoms with Gasteiger partial charge in [0, 0.05) is 32.1 Å². The van der Waals surface area contributed by atoms with E-state index >= 15 is 0 Å². The number of aliphatic imine (C=N–C) groups is 1. The molecule has 6 nitrogen and oxygen atoms in total. The second-order valence-corrected chi connectivity index (χ2v) is 6.34. The van der Waals surface area contributed by atoms with Gasteiger partial charge in [-0.1, -0.05) is 18.2 Å². The Morgan fingerprint density at radius 2 is 1.80 bits per heavy atom.